The number of benzene rings is 1. The first kappa shape index (κ1) is 32.6. The summed E-state index contributed by atoms with van der Waals surface area (Å²) in [4.78, 5) is 0. The van der Waals surface area contributed by atoms with E-state index in [-0.39, 0.29) is 0 Å². The molecule has 1 aromatic rings. The maximum atomic E-state index is 6.32. The summed E-state index contributed by atoms with van der Waals surface area (Å²) in [5, 5.41) is 0. The van der Waals surface area contributed by atoms with Gasteiger partial charge in [-0.15, -0.1) is 0 Å². The highest BCUT2D eigenvalue weighted by Gasteiger charge is 2.08. The predicted octanol–water partition coefficient (Wildman–Crippen LogP) is 11.5. The molecule has 1 rings (SSSR count). The van der Waals surface area contributed by atoms with Gasteiger partial charge in [0.1, 0.15) is 5.75 Å². The topological polar surface area (TPSA) is 9.23 Å². The number of hydrogen-bond acceptors (Lipinski definition) is 1. The minimum Gasteiger partial charge on any atom is -0.493 e. The molecule has 0 radical (unpaired) electrons. The van der Waals surface area contributed by atoms with Crippen LogP contribution in [0.15, 0.2) is 18.2 Å². The van der Waals surface area contributed by atoms with Crippen molar-refractivity contribution >= 4 is 0 Å². The van der Waals surface area contributed by atoms with Crippen LogP contribution in [0.5, 0.6) is 5.75 Å². The van der Waals surface area contributed by atoms with E-state index in [2.05, 4.69) is 57.7 Å². The average molecular weight is 497 g/mol. The Labute approximate surface area is 226 Å². The molecule has 0 amide bonds. The highest BCUT2D eigenvalue weighted by atomic mass is 16.5. The van der Waals surface area contributed by atoms with Crippen molar-refractivity contribution in [3.05, 3.63) is 29.3 Å². The molecule has 206 valence electrons. The van der Waals surface area contributed by atoms with E-state index in [1.807, 2.05) is 0 Å². The number of ether oxygens (including phenoxy) is 1. The van der Waals surface area contributed by atoms with Crippen LogP contribution in [0.4, 0.5) is 0 Å². The van der Waals surface area contributed by atoms with Crippen LogP contribution in [0.2, 0.25) is 0 Å². The van der Waals surface area contributed by atoms with E-state index >= 15 is 0 Å². The molecule has 1 nitrogen and oxygen atoms in total. The van der Waals surface area contributed by atoms with Crippen LogP contribution in [0.1, 0.15) is 167 Å². The molecule has 0 aliphatic heterocycles. The number of hydrogen-bond donors (Lipinski definition) is 0. The van der Waals surface area contributed by atoms with Crippen LogP contribution >= 0.6 is 0 Å². The number of rotatable bonds is 23. The largest absolute Gasteiger partial charge is 0.493 e. The fourth-order valence-corrected chi connectivity index (χ4v) is 4.85. The van der Waals surface area contributed by atoms with Gasteiger partial charge in [-0.3, -0.25) is 0 Å². The summed E-state index contributed by atoms with van der Waals surface area (Å²) in [6, 6.07) is 6.75. The van der Waals surface area contributed by atoms with Gasteiger partial charge in [0.2, 0.25) is 0 Å². The lowest BCUT2D eigenvalue weighted by atomic mass is 10.00. The fourth-order valence-electron chi connectivity index (χ4n) is 4.85. The highest BCUT2D eigenvalue weighted by Crippen LogP contribution is 2.22. The Morgan fingerprint density at radius 3 is 1.81 bits per heavy atom. The molecule has 0 saturated carbocycles. The zero-order valence-electron chi connectivity index (χ0n) is 24.8. The Balaban J connectivity index is 2.41. The third kappa shape index (κ3) is 17.9. The Kier molecular flexibility index (Phi) is 21.7. The zero-order chi connectivity index (χ0) is 26.1. The second kappa shape index (κ2) is 23.9. The van der Waals surface area contributed by atoms with Gasteiger partial charge in [0, 0.05) is 12.0 Å². The average Bonchev–Trinajstić information content (AvgIpc) is 2.89. The van der Waals surface area contributed by atoms with Crippen LogP contribution in [0, 0.1) is 17.8 Å². The third-order valence-electron chi connectivity index (χ3n) is 7.45. The molecule has 0 aliphatic carbocycles. The molecule has 0 bridgehead atoms. The minimum absolute atomic E-state index is 0.661. The lowest BCUT2D eigenvalue weighted by Crippen LogP contribution is -2.11. The van der Waals surface area contributed by atoms with E-state index in [0.717, 1.165) is 30.8 Å². The van der Waals surface area contributed by atoms with Gasteiger partial charge in [-0.05, 0) is 55.4 Å². The van der Waals surface area contributed by atoms with Gasteiger partial charge in [-0.2, -0.15) is 0 Å². The summed E-state index contributed by atoms with van der Waals surface area (Å²) in [5.74, 6) is 8.47. The summed E-state index contributed by atoms with van der Waals surface area (Å²) in [7, 11) is 0. The van der Waals surface area contributed by atoms with Crippen LogP contribution in [-0.2, 0) is 6.42 Å². The standard InChI is InChI=1S/C35H60O/c1-5-9-12-14-15-16-17-18-19-20-21-22-24-27-34-28-33(26-23-13-10-6-2)29-35(30-34)36-31-32(8-4)25-11-7-3/h28-30,32H,5-22,24-25,27,31H2,1-4H3. The van der Waals surface area contributed by atoms with E-state index in [0.29, 0.717) is 5.92 Å². The van der Waals surface area contributed by atoms with Gasteiger partial charge in [0.05, 0.1) is 6.61 Å². The first-order chi connectivity index (χ1) is 17.7. The number of unbranched alkanes of at least 4 members (excludes halogenated alkanes) is 15. The van der Waals surface area contributed by atoms with Crippen LogP contribution in [0.25, 0.3) is 0 Å². The van der Waals surface area contributed by atoms with Crippen LogP contribution in [0.3, 0.4) is 0 Å². The van der Waals surface area contributed by atoms with Gasteiger partial charge in [-0.1, -0.05) is 142 Å². The summed E-state index contributed by atoms with van der Waals surface area (Å²) in [6.45, 7) is 9.93. The molecule has 36 heavy (non-hydrogen) atoms. The molecule has 0 fully saturated rings. The Morgan fingerprint density at radius 1 is 0.639 bits per heavy atom. The molecular weight excluding hydrogens is 436 g/mol. The SMILES string of the molecule is CCCCC#Cc1cc(CCCCCCCCCCCCCCC)cc(OCC(CC)CCCC)c1. The van der Waals surface area contributed by atoms with E-state index in [4.69, 9.17) is 4.74 Å². The molecule has 0 saturated heterocycles. The van der Waals surface area contributed by atoms with E-state index in [9.17, 15) is 0 Å². The van der Waals surface area contributed by atoms with Crippen molar-refractivity contribution in [2.45, 2.75) is 163 Å². The summed E-state index contributed by atoms with van der Waals surface area (Å²) >= 11 is 0. The highest BCUT2D eigenvalue weighted by molar-refractivity contribution is 5.43. The molecule has 1 heteroatoms. The monoisotopic (exact) mass is 496 g/mol. The molecular formula is C35H60O. The smallest absolute Gasteiger partial charge is 0.120 e. The molecule has 1 unspecified atom stereocenters. The van der Waals surface area contributed by atoms with E-state index in [1.165, 1.54) is 128 Å². The first-order valence-corrected chi connectivity index (χ1v) is 16.0. The van der Waals surface area contributed by atoms with E-state index in [1.54, 1.807) is 0 Å². The Bertz CT molecular complexity index is 680. The normalized spacial score (nSPS) is 11.8. The third-order valence-corrected chi connectivity index (χ3v) is 7.45. The van der Waals surface area contributed by atoms with Crippen LogP contribution < -0.4 is 4.74 Å². The van der Waals surface area contributed by atoms with Crippen molar-refractivity contribution in [3.8, 4) is 17.6 Å². The zero-order valence-corrected chi connectivity index (χ0v) is 24.8. The maximum absolute atomic E-state index is 6.32. The van der Waals surface area contributed by atoms with Crippen molar-refractivity contribution in [1.29, 1.82) is 0 Å². The Hall–Kier alpha value is -1.42. The Morgan fingerprint density at radius 2 is 1.22 bits per heavy atom. The van der Waals surface area contributed by atoms with E-state index < -0.39 is 0 Å². The maximum Gasteiger partial charge on any atom is 0.120 e. The fraction of sp³-hybridized carbons (Fsp3) is 0.771. The van der Waals surface area contributed by atoms with Gasteiger partial charge in [0.15, 0.2) is 0 Å². The molecule has 0 aliphatic rings. The van der Waals surface area contributed by atoms with Crippen LogP contribution in [-0.4, -0.2) is 6.61 Å². The van der Waals surface area contributed by atoms with Gasteiger partial charge in [0.25, 0.3) is 0 Å². The summed E-state index contributed by atoms with van der Waals surface area (Å²) < 4.78 is 6.32. The van der Waals surface area contributed by atoms with Crippen molar-refractivity contribution in [3.63, 3.8) is 0 Å². The molecule has 0 N–H and O–H groups in total. The van der Waals surface area contributed by atoms with Gasteiger partial charge < -0.3 is 4.74 Å². The second-order valence-corrected chi connectivity index (χ2v) is 11.0. The van der Waals surface area contributed by atoms with Gasteiger partial charge in [-0.25, -0.2) is 0 Å². The lowest BCUT2D eigenvalue weighted by molar-refractivity contribution is 0.233. The quantitative estimate of drug-likeness (QED) is 0.108. The second-order valence-electron chi connectivity index (χ2n) is 11.0. The lowest BCUT2D eigenvalue weighted by Gasteiger charge is -2.16. The molecule has 1 aromatic carbocycles. The molecule has 1 atom stereocenters. The van der Waals surface area contributed by atoms with Crippen molar-refractivity contribution < 1.29 is 4.74 Å². The predicted molar refractivity (Wildman–Crippen MR) is 161 cm³/mol. The van der Waals surface area contributed by atoms with Crippen molar-refractivity contribution in [2.24, 2.45) is 5.92 Å². The van der Waals surface area contributed by atoms with Crippen molar-refractivity contribution in [2.75, 3.05) is 6.61 Å². The molecule has 0 heterocycles. The first-order valence-electron chi connectivity index (χ1n) is 16.0. The summed E-state index contributed by atoms with van der Waals surface area (Å²) in [5.41, 5.74) is 2.53. The van der Waals surface area contributed by atoms with Crippen molar-refractivity contribution in [1.82, 2.24) is 0 Å². The summed E-state index contributed by atoms with van der Waals surface area (Å²) in [6.07, 6.45) is 27.8. The molecule has 0 spiro atoms. The molecule has 0 aromatic heterocycles. The minimum atomic E-state index is 0.661. The number of aryl methyl sites for hydroxylation is 1. The van der Waals surface area contributed by atoms with Gasteiger partial charge >= 0.3 is 0 Å².